The van der Waals surface area contributed by atoms with E-state index in [1.165, 1.54) is 6.08 Å². The minimum absolute atomic E-state index is 0.478. The summed E-state index contributed by atoms with van der Waals surface area (Å²) in [4.78, 5) is 0.478. The highest BCUT2D eigenvalue weighted by Gasteiger charge is 2.09. The van der Waals surface area contributed by atoms with Crippen LogP contribution in [0.3, 0.4) is 0 Å². The molecule has 2 aromatic rings. The van der Waals surface area contributed by atoms with E-state index in [2.05, 4.69) is 0 Å². The van der Waals surface area contributed by atoms with Crippen molar-refractivity contribution in [2.45, 2.75) is 18.7 Å². The molecule has 0 aromatic heterocycles. The highest BCUT2D eigenvalue weighted by Crippen LogP contribution is 2.19. The Hall–Kier alpha value is -1.74. The summed E-state index contributed by atoms with van der Waals surface area (Å²) < 4.78 is 25.9. The minimum atomic E-state index is -1.75. The van der Waals surface area contributed by atoms with Crippen molar-refractivity contribution in [3.63, 3.8) is 0 Å². The van der Waals surface area contributed by atoms with E-state index in [-0.39, 0.29) is 0 Å². The van der Waals surface area contributed by atoms with Crippen LogP contribution in [-0.2, 0) is 10.8 Å². The van der Waals surface area contributed by atoms with Crippen molar-refractivity contribution >= 4 is 16.9 Å². The number of aryl methyl sites for hydroxylation is 2. The molecule has 0 N–H and O–H groups in total. The maximum atomic E-state index is 13.9. The summed E-state index contributed by atoms with van der Waals surface area (Å²) in [7, 11) is -1.75. The van der Waals surface area contributed by atoms with Gasteiger partial charge in [-0.25, -0.2) is 4.21 Å². The lowest BCUT2D eigenvalue weighted by Crippen LogP contribution is -1.92. The van der Waals surface area contributed by atoms with Gasteiger partial charge in [0.25, 0.3) is 0 Å². The quantitative estimate of drug-likeness (QED) is 0.811. The van der Waals surface area contributed by atoms with Gasteiger partial charge in [-0.1, -0.05) is 47.5 Å². The van der Waals surface area contributed by atoms with E-state index in [0.717, 1.165) is 11.1 Å². The van der Waals surface area contributed by atoms with Crippen LogP contribution in [-0.4, -0.2) is 4.21 Å². The molecule has 0 aliphatic carbocycles. The van der Waals surface area contributed by atoms with Crippen LogP contribution < -0.4 is 0 Å². The molecule has 0 spiro atoms. The molecular weight excluding hydrogens is 259 g/mol. The summed E-state index contributed by atoms with van der Waals surface area (Å²) >= 11 is 0. The molecule has 0 saturated carbocycles. The second kappa shape index (κ2) is 5.93. The van der Waals surface area contributed by atoms with Crippen molar-refractivity contribution in [2.75, 3.05) is 0 Å². The largest absolute Gasteiger partial charge is 0.247 e. The van der Waals surface area contributed by atoms with E-state index >= 15 is 0 Å². The Bertz CT molecular complexity index is 612. The van der Waals surface area contributed by atoms with Crippen LogP contribution in [0.1, 0.15) is 16.7 Å². The Morgan fingerprint density at radius 1 is 0.947 bits per heavy atom. The highest BCUT2D eigenvalue weighted by atomic mass is 32.2. The molecule has 2 rings (SSSR count). The fraction of sp³-hybridized carbons (Fsp3) is 0.125. The lowest BCUT2D eigenvalue weighted by molar-refractivity contribution is 0.653. The molecule has 2 aromatic carbocycles. The molecule has 0 amide bonds. The standard InChI is InChI=1S/C16H15FOS/c1-12-3-7-14(8-4-12)11-16(17)19(18)15-9-5-13(2)6-10-15/h3-11H,1-2H3/b16-11-/t19-/m0/s1. The van der Waals surface area contributed by atoms with Gasteiger partial charge in [0.15, 0.2) is 5.16 Å². The van der Waals surface area contributed by atoms with Crippen LogP contribution in [0.4, 0.5) is 4.39 Å². The molecule has 98 valence electrons. The third-order valence-corrected chi connectivity index (χ3v) is 3.94. The smallest absolute Gasteiger partial charge is 0.192 e. The van der Waals surface area contributed by atoms with Crippen LogP contribution in [0, 0.1) is 13.8 Å². The second-order valence-electron chi connectivity index (χ2n) is 4.44. The average molecular weight is 274 g/mol. The summed E-state index contributed by atoms with van der Waals surface area (Å²) in [5.41, 5.74) is 2.88. The molecule has 0 saturated heterocycles. The van der Waals surface area contributed by atoms with Gasteiger partial charge in [0.05, 0.1) is 0 Å². The van der Waals surface area contributed by atoms with Crippen molar-refractivity contribution < 1.29 is 8.60 Å². The van der Waals surface area contributed by atoms with E-state index in [0.29, 0.717) is 10.5 Å². The summed E-state index contributed by atoms with van der Waals surface area (Å²) in [5.74, 6) is 0. The molecule has 0 unspecified atom stereocenters. The van der Waals surface area contributed by atoms with E-state index in [1.54, 1.807) is 24.3 Å². The van der Waals surface area contributed by atoms with Gasteiger partial charge in [-0.15, -0.1) is 0 Å². The van der Waals surface area contributed by atoms with E-state index in [4.69, 9.17) is 0 Å². The maximum Gasteiger partial charge on any atom is 0.192 e. The summed E-state index contributed by atoms with van der Waals surface area (Å²) in [6, 6.07) is 14.4. The van der Waals surface area contributed by atoms with Gasteiger partial charge < -0.3 is 0 Å². The average Bonchev–Trinajstić information content (AvgIpc) is 2.41. The Morgan fingerprint density at radius 3 is 1.95 bits per heavy atom. The molecule has 0 heterocycles. The first-order valence-electron chi connectivity index (χ1n) is 5.98. The van der Waals surface area contributed by atoms with Crippen molar-refractivity contribution in [1.82, 2.24) is 0 Å². The van der Waals surface area contributed by atoms with E-state index < -0.39 is 16.0 Å². The number of rotatable bonds is 3. The van der Waals surface area contributed by atoms with E-state index in [1.807, 2.05) is 38.1 Å². The minimum Gasteiger partial charge on any atom is -0.247 e. The molecule has 0 bridgehead atoms. The Kier molecular flexibility index (Phi) is 4.27. The third-order valence-electron chi connectivity index (χ3n) is 2.77. The van der Waals surface area contributed by atoms with Gasteiger partial charge in [0, 0.05) is 4.90 Å². The molecule has 1 atom stereocenters. The van der Waals surface area contributed by atoms with Gasteiger partial charge in [0.1, 0.15) is 10.8 Å². The number of hydrogen-bond donors (Lipinski definition) is 0. The molecule has 19 heavy (non-hydrogen) atoms. The van der Waals surface area contributed by atoms with Crippen LogP contribution in [0.2, 0.25) is 0 Å². The third kappa shape index (κ3) is 3.61. The predicted molar refractivity (Wildman–Crippen MR) is 77.9 cm³/mol. The normalized spacial score (nSPS) is 13.3. The molecular formula is C16H15FOS. The molecule has 0 radical (unpaired) electrons. The Morgan fingerprint density at radius 2 is 1.42 bits per heavy atom. The summed E-state index contributed by atoms with van der Waals surface area (Å²) in [6.45, 7) is 3.90. The summed E-state index contributed by atoms with van der Waals surface area (Å²) in [6.07, 6.45) is 1.31. The summed E-state index contributed by atoms with van der Waals surface area (Å²) in [5, 5.41) is -0.632. The second-order valence-corrected chi connectivity index (χ2v) is 5.84. The van der Waals surface area contributed by atoms with Crippen molar-refractivity contribution in [2.24, 2.45) is 0 Å². The predicted octanol–water partition coefficient (Wildman–Crippen LogP) is 4.38. The van der Waals surface area contributed by atoms with Gasteiger partial charge in [0.2, 0.25) is 0 Å². The van der Waals surface area contributed by atoms with E-state index in [9.17, 15) is 8.60 Å². The zero-order chi connectivity index (χ0) is 13.8. The Labute approximate surface area is 115 Å². The number of hydrogen-bond acceptors (Lipinski definition) is 1. The molecule has 1 nitrogen and oxygen atoms in total. The van der Waals surface area contributed by atoms with Crippen molar-refractivity contribution in [1.29, 1.82) is 0 Å². The lowest BCUT2D eigenvalue weighted by atomic mass is 10.1. The van der Waals surface area contributed by atoms with Gasteiger partial charge in [-0.05, 0) is 37.6 Å². The molecule has 0 aliphatic heterocycles. The first-order valence-corrected chi connectivity index (χ1v) is 7.13. The maximum absolute atomic E-state index is 13.9. The van der Waals surface area contributed by atoms with Gasteiger partial charge in [-0.2, -0.15) is 4.39 Å². The van der Waals surface area contributed by atoms with Gasteiger partial charge >= 0.3 is 0 Å². The van der Waals surface area contributed by atoms with Crippen molar-refractivity contribution in [3.05, 3.63) is 70.4 Å². The lowest BCUT2D eigenvalue weighted by Gasteiger charge is -2.01. The monoisotopic (exact) mass is 274 g/mol. The SMILES string of the molecule is Cc1ccc(/C=C(/F)[S@@](=O)c2ccc(C)cc2)cc1. The number of benzene rings is 2. The fourth-order valence-corrected chi connectivity index (χ4v) is 2.47. The van der Waals surface area contributed by atoms with Crippen LogP contribution in [0.5, 0.6) is 0 Å². The fourth-order valence-electron chi connectivity index (χ4n) is 1.62. The van der Waals surface area contributed by atoms with Gasteiger partial charge in [-0.3, -0.25) is 0 Å². The molecule has 0 fully saturated rings. The zero-order valence-electron chi connectivity index (χ0n) is 10.9. The molecule has 0 aliphatic rings. The van der Waals surface area contributed by atoms with Crippen LogP contribution in [0.15, 0.2) is 58.6 Å². The molecule has 3 heteroatoms. The van der Waals surface area contributed by atoms with Crippen molar-refractivity contribution in [3.8, 4) is 0 Å². The van der Waals surface area contributed by atoms with Crippen LogP contribution in [0.25, 0.3) is 6.08 Å². The topological polar surface area (TPSA) is 17.1 Å². The first kappa shape index (κ1) is 13.7. The zero-order valence-corrected chi connectivity index (χ0v) is 11.7. The first-order chi connectivity index (χ1) is 9.06. The van der Waals surface area contributed by atoms with Crippen LogP contribution >= 0.6 is 0 Å². The highest BCUT2D eigenvalue weighted by molar-refractivity contribution is 7.89. The number of halogens is 1. The Balaban J connectivity index is 2.23.